The number of hydrogen-bond donors (Lipinski definition) is 2. The number of fused-ring (bicyclic) bond motifs is 1. The Morgan fingerprint density at radius 3 is 2.29 bits per heavy atom. The van der Waals surface area contributed by atoms with Crippen LogP contribution >= 0.6 is 0 Å². The van der Waals surface area contributed by atoms with E-state index in [1.807, 2.05) is 13.8 Å². The number of amides is 2. The number of aliphatic hydroxyl groups excluding tert-OH is 1. The van der Waals surface area contributed by atoms with Crippen molar-refractivity contribution >= 4 is 23.5 Å². The lowest BCUT2D eigenvalue weighted by molar-refractivity contribution is -0.137. The van der Waals surface area contributed by atoms with Gasteiger partial charge in [-0.25, -0.2) is 4.79 Å². The minimum atomic E-state index is -4.41. The standard InChI is InChI=1S/C19H22F3N5O2.C2H6/c1-11(28)9-23-17-24-16-15(25(17)3)12(2)27(18(29)26(16)4)10-13-5-7-14(8-6-13)19(20,21)22;1-2/h5-8,11,28H,2,9-10H2,1,3-4H3,(H,23,24);1-2H3. The fourth-order valence-corrected chi connectivity index (χ4v) is 3.10. The molecule has 0 radical (unpaired) electrons. The van der Waals surface area contributed by atoms with Gasteiger partial charge in [0.15, 0.2) is 5.82 Å². The summed E-state index contributed by atoms with van der Waals surface area (Å²) in [6.07, 6.45) is -5.00. The van der Waals surface area contributed by atoms with Crippen LogP contribution in [0.15, 0.2) is 30.8 Å². The van der Waals surface area contributed by atoms with E-state index in [9.17, 15) is 23.1 Å². The fraction of sp³-hybridized carbons (Fsp3) is 0.429. The molecule has 0 bridgehead atoms. The van der Waals surface area contributed by atoms with E-state index < -0.39 is 17.8 Å². The van der Waals surface area contributed by atoms with E-state index in [4.69, 9.17) is 0 Å². The molecule has 1 aliphatic heterocycles. The molecule has 1 aromatic heterocycles. The molecule has 2 heterocycles. The van der Waals surface area contributed by atoms with Crippen LogP contribution in [0.3, 0.4) is 0 Å². The molecule has 1 aliphatic rings. The van der Waals surface area contributed by atoms with E-state index in [0.717, 1.165) is 12.1 Å². The average molecular weight is 439 g/mol. The Balaban J connectivity index is 0.00000166. The molecule has 1 unspecified atom stereocenters. The second-order valence-electron chi connectivity index (χ2n) is 6.97. The minimum absolute atomic E-state index is 0.0706. The molecule has 2 N–H and O–H groups in total. The van der Waals surface area contributed by atoms with Crippen LogP contribution in [0.2, 0.25) is 0 Å². The summed E-state index contributed by atoms with van der Waals surface area (Å²) in [6.45, 7) is 9.99. The normalized spacial score (nSPS) is 14.7. The smallest absolute Gasteiger partial charge is 0.392 e. The summed E-state index contributed by atoms with van der Waals surface area (Å²) in [5.74, 6) is 0.882. The van der Waals surface area contributed by atoms with E-state index in [1.54, 1.807) is 25.6 Å². The molecule has 2 aromatic rings. The van der Waals surface area contributed by atoms with Crippen LogP contribution in [-0.4, -0.2) is 45.3 Å². The van der Waals surface area contributed by atoms with E-state index in [-0.39, 0.29) is 19.1 Å². The quantitative estimate of drug-likeness (QED) is 0.729. The average Bonchev–Trinajstić information content (AvgIpc) is 3.06. The maximum absolute atomic E-state index is 12.8. The summed E-state index contributed by atoms with van der Waals surface area (Å²) in [5, 5.41) is 12.5. The van der Waals surface area contributed by atoms with Crippen molar-refractivity contribution in [3.8, 4) is 0 Å². The van der Waals surface area contributed by atoms with Gasteiger partial charge in [0.05, 0.1) is 23.9 Å². The number of urea groups is 1. The number of alkyl halides is 3. The van der Waals surface area contributed by atoms with Crippen LogP contribution in [0, 0.1) is 0 Å². The molecule has 0 aliphatic carbocycles. The van der Waals surface area contributed by atoms with Gasteiger partial charge in [-0.05, 0) is 24.6 Å². The molecule has 170 valence electrons. The predicted octanol–water partition coefficient (Wildman–Crippen LogP) is 4.30. The number of hydrogen-bond acceptors (Lipinski definition) is 4. The monoisotopic (exact) mass is 439 g/mol. The zero-order valence-electron chi connectivity index (χ0n) is 18.3. The van der Waals surface area contributed by atoms with Crippen LogP contribution in [-0.2, 0) is 19.8 Å². The second kappa shape index (κ2) is 9.42. The molecule has 0 spiro atoms. The number of carbonyl (C=O) groups excluding carboxylic acids is 1. The van der Waals surface area contributed by atoms with Crippen molar-refractivity contribution in [3.63, 3.8) is 0 Å². The van der Waals surface area contributed by atoms with E-state index in [1.165, 1.54) is 21.9 Å². The Bertz CT molecular complexity index is 936. The van der Waals surface area contributed by atoms with Crippen molar-refractivity contribution < 1.29 is 23.1 Å². The highest BCUT2D eigenvalue weighted by Crippen LogP contribution is 2.36. The van der Waals surface area contributed by atoms with E-state index in [2.05, 4.69) is 16.9 Å². The van der Waals surface area contributed by atoms with Crippen molar-refractivity contribution in [2.24, 2.45) is 7.05 Å². The van der Waals surface area contributed by atoms with Crippen molar-refractivity contribution in [2.45, 2.75) is 39.6 Å². The van der Waals surface area contributed by atoms with Crippen molar-refractivity contribution in [1.82, 2.24) is 14.5 Å². The molecule has 0 saturated heterocycles. The van der Waals surface area contributed by atoms with Gasteiger partial charge in [0, 0.05) is 20.6 Å². The van der Waals surface area contributed by atoms with Gasteiger partial charge in [-0.2, -0.15) is 18.2 Å². The van der Waals surface area contributed by atoms with Crippen molar-refractivity contribution in [3.05, 3.63) is 47.7 Å². The third-order valence-corrected chi connectivity index (χ3v) is 4.69. The number of anilines is 2. The topological polar surface area (TPSA) is 73.6 Å². The molecule has 7 nitrogen and oxygen atoms in total. The lowest BCUT2D eigenvalue weighted by Crippen LogP contribution is -2.44. The van der Waals surface area contributed by atoms with Crippen LogP contribution in [0.5, 0.6) is 0 Å². The van der Waals surface area contributed by atoms with E-state index >= 15 is 0 Å². The molecule has 31 heavy (non-hydrogen) atoms. The summed E-state index contributed by atoms with van der Waals surface area (Å²) in [7, 11) is 3.32. The highest BCUT2D eigenvalue weighted by atomic mass is 19.4. The first-order valence-corrected chi connectivity index (χ1v) is 9.90. The molecular formula is C21H28F3N5O2. The summed E-state index contributed by atoms with van der Waals surface area (Å²) in [4.78, 5) is 20.0. The summed E-state index contributed by atoms with van der Waals surface area (Å²) >= 11 is 0. The van der Waals surface area contributed by atoms with Crippen LogP contribution in [0.1, 0.15) is 37.6 Å². The lowest BCUT2D eigenvalue weighted by atomic mass is 10.1. The molecular weight excluding hydrogens is 411 g/mol. The third kappa shape index (κ3) is 5.01. The number of imidazole rings is 1. The zero-order valence-corrected chi connectivity index (χ0v) is 18.3. The van der Waals surface area contributed by atoms with Gasteiger partial charge >= 0.3 is 12.2 Å². The van der Waals surface area contributed by atoms with Crippen LogP contribution in [0.25, 0.3) is 5.70 Å². The first-order chi connectivity index (χ1) is 14.5. The first kappa shape index (κ1) is 24.3. The van der Waals surface area contributed by atoms with Gasteiger partial charge in [0.25, 0.3) is 0 Å². The summed E-state index contributed by atoms with van der Waals surface area (Å²) in [5.41, 5.74) is 0.791. The molecule has 0 fully saturated rings. The molecule has 3 rings (SSSR count). The highest BCUT2D eigenvalue weighted by Gasteiger charge is 2.36. The van der Waals surface area contributed by atoms with Gasteiger partial charge in [0.2, 0.25) is 5.95 Å². The van der Waals surface area contributed by atoms with Crippen LogP contribution < -0.4 is 10.2 Å². The van der Waals surface area contributed by atoms with Gasteiger partial charge in [-0.15, -0.1) is 0 Å². The predicted molar refractivity (Wildman–Crippen MR) is 115 cm³/mol. The Hall–Kier alpha value is -3.01. The number of rotatable bonds is 5. The van der Waals surface area contributed by atoms with E-state index in [0.29, 0.717) is 28.7 Å². The number of aromatic nitrogens is 2. The number of aliphatic hydroxyl groups is 1. The summed E-state index contributed by atoms with van der Waals surface area (Å²) < 4.78 is 40.0. The van der Waals surface area contributed by atoms with Crippen molar-refractivity contribution in [1.29, 1.82) is 0 Å². The largest absolute Gasteiger partial charge is 0.416 e. The van der Waals surface area contributed by atoms with Crippen molar-refractivity contribution in [2.75, 3.05) is 23.8 Å². The number of benzene rings is 1. The maximum atomic E-state index is 12.8. The summed E-state index contributed by atoms with van der Waals surface area (Å²) in [6, 6.07) is 4.28. The highest BCUT2D eigenvalue weighted by molar-refractivity contribution is 6.02. The number of carbonyl (C=O) groups is 1. The SMILES string of the molecule is C=C1c2c(nc(NCC(C)O)n2C)N(C)C(=O)N1Cc1ccc(C(F)(F)F)cc1.CC. The Morgan fingerprint density at radius 1 is 1.19 bits per heavy atom. The number of nitrogens with one attached hydrogen (secondary N) is 1. The molecule has 1 aromatic carbocycles. The molecule has 2 amide bonds. The Labute approximate surface area is 179 Å². The lowest BCUT2D eigenvalue weighted by Gasteiger charge is -2.34. The van der Waals surface area contributed by atoms with Gasteiger partial charge in [-0.3, -0.25) is 9.80 Å². The van der Waals surface area contributed by atoms with Gasteiger partial charge < -0.3 is 15.0 Å². The zero-order chi connectivity index (χ0) is 23.5. The number of halogens is 3. The van der Waals surface area contributed by atoms with Gasteiger partial charge in [0.1, 0.15) is 5.69 Å². The van der Waals surface area contributed by atoms with Gasteiger partial charge in [-0.1, -0.05) is 32.6 Å². The minimum Gasteiger partial charge on any atom is -0.392 e. The number of nitrogens with zero attached hydrogens (tertiary/aromatic N) is 4. The fourth-order valence-electron chi connectivity index (χ4n) is 3.10. The third-order valence-electron chi connectivity index (χ3n) is 4.69. The maximum Gasteiger partial charge on any atom is 0.416 e. The van der Waals surface area contributed by atoms with Crippen LogP contribution in [0.4, 0.5) is 29.7 Å². The molecule has 0 saturated carbocycles. The molecule has 10 heteroatoms. The first-order valence-electron chi connectivity index (χ1n) is 9.90. The Kier molecular flexibility index (Phi) is 7.37. The Morgan fingerprint density at radius 2 is 1.77 bits per heavy atom. The molecule has 1 atom stereocenters. The second-order valence-corrected chi connectivity index (χ2v) is 6.97.